The molecule has 1 aromatic rings. The number of hydrogen-bond donors (Lipinski definition) is 1. The second-order valence-corrected chi connectivity index (χ2v) is 4.10. The first-order valence-electron chi connectivity index (χ1n) is 4.53. The molecule has 1 aliphatic rings. The molecule has 1 fully saturated rings. The Labute approximate surface area is 77.0 Å². The van der Waals surface area contributed by atoms with Crippen LogP contribution in [0.4, 0.5) is 0 Å². The predicted octanol–water partition coefficient (Wildman–Crippen LogP) is 1.69. The molecule has 0 saturated carbocycles. The predicted molar refractivity (Wildman–Crippen MR) is 51.4 cm³/mol. The van der Waals surface area contributed by atoms with Crippen LogP contribution in [-0.4, -0.2) is 18.1 Å². The van der Waals surface area contributed by atoms with Gasteiger partial charge in [-0.3, -0.25) is 0 Å². The van der Waals surface area contributed by atoms with Crippen LogP contribution >= 0.6 is 11.3 Å². The van der Waals surface area contributed by atoms with E-state index in [4.69, 9.17) is 0 Å². The van der Waals surface area contributed by atoms with Gasteiger partial charge in [0.15, 0.2) is 0 Å². The topological polar surface area (TPSA) is 24.9 Å². The van der Waals surface area contributed by atoms with Crippen LogP contribution in [0.25, 0.3) is 0 Å². The molecule has 1 aliphatic heterocycles. The summed E-state index contributed by atoms with van der Waals surface area (Å²) in [5.41, 5.74) is 3.21. The SMILES string of the molecule is c1nc(CC2CCNCC2)cs1. The van der Waals surface area contributed by atoms with E-state index in [0.717, 1.165) is 5.92 Å². The Morgan fingerprint density at radius 2 is 2.33 bits per heavy atom. The summed E-state index contributed by atoms with van der Waals surface area (Å²) in [6.07, 6.45) is 3.82. The summed E-state index contributed by atoms with van der Waals surface area (Å²) in [7, 11) is 0. The Bertz CT molecular complexity index is 214. The summed E-state index contributed by atoms with van der Waals surface area (Å²) in [5, 5.41) is 5.55. The molecule has 2 rings (SSSR count). The monoisotopic (exact) mass is 182 g/mol. The van der Waals surface area contributed by atoms with Gasteiger partial charge < -0.3 is 5.32 Å². The lowest BCUT2D eigenvalue weighted by atomic mass is 9.94. The highest BCUT2D eigenvalue weighted by Crippen LogP contribution is 2.17. The van der Waals surface area contributed by atoms with E-state index < -0.39 is 0 Å². The van der Waals surface area contributed by atoms with E-state index in [-0.39, 0.29) is 0 Å². The summed E-state index contributed by atoms with van der Waals surface area (Å²) in [4.78, 5) is 4.31. The van der Waals surface area contributed by atoms with Gasteiger partial charge in [0.1, 0.15) is 0 Å². The Kier molecular flexibility index (Phi) is 2.74. The van der Waals surface area contributed by atoms with Crippen molar-refractivity contribution in [3.05, 3.63) is 16.6 Å². The van der Waals surface area contributed by atoms with Crippen molar-refractivity contribution in [2.45, 2.75) is 19.3 Å². The van der Waals surface area contributed by atoms with Crippen LogP contribution < -0.4 is 5.32 Å². The number of hydrogen-bond acceptors (Lipinski definition) is 3. The average molecular weight is 182 g/mol. The number of aromatic nitrogens is 1. The van der Waals surface area contributed by atoms with Gasteiger partial charge in [-0.25, -0.2) is 4.98 Å². The zero-order valence-corrected chi connectivity index (χ0v) is 7.94. The maximum Gasteiger partial charge on any atom is 0.0794 e. The van der Waals surface area contributed by atoms with Crippen LogP contribution in [0, 0.1) is 5.92 Å². The van der Waals surface area contributed by atoms with E-state index in [2.05, 4.69) is 15.7 Å². The largest absolute Gasteiger partial charge is 0.317 e. The molecule has 1 N–H and O–H groups in total. The molecule has 3 heteroatoms. The van der Waals surface area contributed by atoms with Gasteiger partial charge in [-0.05, 0) is 38.3 Å². The molecular formula is C9H14N2S. The minimum Gasteiger partial charge on any atom is -0.317 e. The Balaban J connectivity index is 1.86. The lowest BCUT2D eigenvalue weighted by Crippen LogP contribution is -2.28. The van der Waals surface area contributed by atoms with E-state index in [1.165, 1.54) is 38.0 Å². The highest BCUT2D eigenvalue weighted by atomic mass is 32.1. The number of nitrogens with zero attached hydrogens (tertiary/aromatic N) is 1. The van der Waals surface area contributed by atoms with Gasteiger partial charge in [0.05, 0.1) is 11.2 Å². The molecule has 0 aromatic carbocycles. The molecular weight excluding hydrogens is 168 g/mol. The van der Waals surface area contributed by atoms with Crippen LogP contribution in [0.1, 0.15) is 18.5 Å². The van der Waals surface area contributed by atoms with Gasteiger partial charge in [0.2, 0.25) is 0 Å². The third kappa shape index (κ3) is 2.05. The Hall–Kier alpha value is -0.410. The van der Waals surface area contributed by atoms with E-state index in [1.807, 2.05) is 5.51 Å². The van der Waals surface area contributed by atoms with Crippen molar-refractivity contribution in [1.82, 2.24) is 10.3 Å². The maximum atomic E-state index is 4.31. The van der Waals surface area contributed by atoms with Crippen molar-refractivity contribution < 1.29 is 0 Å². The Morgan fingerprint density at radius 3 is 3.00 bits per heavy atom. The minimum atomic E-state index is 0.869. The van der Waals surface area contributed by atoms with E-state index in [0.29, 0.717) is 0 Å². The van der Waals surface area contributed by atoms with Crippen LogP contribution in [0.15, 0.2) is 10.9 Å². The fourth-order valence-corrected chi connectivity index (χ4v) is 2.29. The number of piperidine rings is 1. The highest BCUT2D eigenvalue weighted by Gasteiger charge is 2.13. The van der Waals surface area contributed by atoms with Gasteiger partial charge in [0.25, 0.3) is 0 Å². The van der Waals surface area contributed by atoms with Gasteiger partial charge >= 0.3 is 0 Å². The average Bonchev–Trinajstić information content (AvgIpc) is 2.59. The third-order valence-electron chi connectivity index (χ3n) is 2.44. The van der Waals surface area contributed by atoms with Crippen molar-refractivity contribution in [2.24, 2.45) is 5.92 Å². The van der Waals surface area contributed by atoms with E-state index >= 15 is 0 Å². The first-order chi connectivity index (χ1) is 5.95. The molecule has 0 radical (unpaired) electrons. The zero-order valence-electron chi connectivity index (χ0n) is 7.12. The lowest BCUT2D eigenvalue weighted by Gasteiger charge is -2.21. The number of nitrogens with one attached hydrogen (secondary N) is 1. The summed E-state index contributed by atoms with van der Waals surface area (Å²) in [6.45, 7) is 2.38. The maximum absolute atomic E-state index is 4.31. The van der Waals surface area contributed by atoms with E-state index in [1.54, 1.807) is 11.3 Å². The van der Waals surface area contributed by atoms with Crippen molar-refractivity contribution >= 4 is 11.3 Å². The van der Waals surface area contributed by atoms with Gasteiger partial charge in [-0.1, -0.05) is 0 Å². The van der Waals surface area contributed by atoms with Crippen molar-refractivity contribution in [3.63, 3.8) is 0 Å². The fraction of sp³-hybridized carbons (Fsp3) is 0.667. The standard InChI is InChI=1S/C9H14N2S/c1-3-10-4-2-8(1)5-9-6-12-7-11-9/h6-8,10H,1-5H2. The second-order valence-electron chi connectivity index (χ2n) is 3.38. The van der Waals surface area contributed by atoms with Gasteiger partial charge in [-0.15, -0.1) is 11.3 Å². The molecule has 12 heavy (non-hydrogen) atoms. The molecule has 0 unspecified atom stereocenters. The first kappa shape index (κ1) is 8.20. The molecule has 1 saturated heterocycles. The third-order valence-corrected chi connectivity index (χ3v) is 3.08. The van der Waals surface area contributed by atoms with Gasteiger partial charge in [0, 0.05) is 5.38 Å². The van der Waals surface area contributed by atoms with Crippen LogP contribution in [0.3, 0.4) is 0 Å². The minimum absolute atomic E-state index is 0.869. The van der Waals surface area contributed by atoms with Crippen molar-refractivity contribution in [2.75, 3.05) is 13.1 Å². The van der Waals surface area contributed by atoms with Crippen LogP contribution in [0.2, 0.25) is 0 Å². The zero-order chi connectivity index (χ0) is 8.23. The molecule has 0 spiro atoms. The summed E-state index contributed by atoms with van der Waals surface area (Å²) in [6, 6.07) is 0. The Morgan fingerprint density at radius 1 is 1.50 bits per heavy atom. The van der Waals surface area contributed by atoms with Crippen molar-refractivity contribution in [1.29, 1.82) is 0 Å². The summed E-state index contributed by atoms with van der Waals surface area (Å²) < 4.78 is 0. The molecule has 0 aliphatic carbocycles. The first-order valence-corrected chi connectivity index (χ1v) is 5.47. The second kappa shape index (κ2) is 4.01. The molecule has 0 amide bonds. The number of thiazole rings is 1. The molecule has 0 atom stereocenters. The molecule has 1 aromatic heterocycles. The highest BCUT2D eigenvalue weighted by molar-refractivity contribution is 7.07. The molecule has 0 bridgehead atoms. The quantitative estimate of drug-likeness (QED) is 0.753. The summed E-state index contributed by atoms with van der Waals surface area (Å²) in [5.74, 6) is 0.869. The molecule has 2 heterocycles. The normalized spacial score (nSPS) is 19.7. The number of rotatable bonds is 2. The fourth-order valence-electron chi connectivity index (χ4n) is 1.72. The van der Waals surface area contributed by atoms with Crippen molar-refractivity contribution in [3.8, 4) is 0 Å². The smallest absolute Gasteiger partial charge is 0.0794 e. The summed E-state index contributed by atoms with van der Waals surface area (Å²) >= 11 is 1.70. The van der Waals surface area contributed by atoms with Crippen LogP contribution in [-0.2, 0) is 6.42 Å². The van der Waals surface area contributed by atoms with E-state index in [9.17, 15) is 0 Å². The molecule has 66 valence electrons. The van der Waals surface area contributed by atoms with Crippen LogP contribution in [0.5, 0.6) is 0 Å². The molecule has 2 nitrogen and oxygen atoms in total. The lowest BCUT2D eigenvalue weighted by molar-refractivity contribution is 0.370. The van der Waals surface area contributed by atoms with Gasteiger partial charge in [-0.2, -0.15) is 0 Å².